The van der Waals surface area contributed by atoms with Crippen molar-refractivity contribution in [3.05, 3.63) is 75.8 Å². The molecule has 2 aromatic heterocycles. The number of ether oxygens (including phenoxy) is 1. The Morgan fingerprint density at radius 1 is 1.06 bits per heavy atom. The molecule has 0 bridgehead atoms. The predicted octanol–water partition coefficient (Wildman–Crippen LogP) is 3.13. The lowest BCUT2D eigenvalue weighted by Gasteiger charge is -2.11. The Bertz CT molecular complexity index is 1340. The van der Waals surface area contributed by atoms with Gasteiger partial charge in [0.2, 0.25) is 5.91 Å². The zero-order chi connectivity index (χ0) is 22.1. The molecular weight excluding hydrogens is 394 g/mol. The maximum atomic E-state index is 13.0. The normalized spacial score (nSPS) is 11.0. The molecule has 0 aliphatic carbocycles. The number of carbonyl (C=O) groups excluding carboxylic acids is 1. The molecule has 2 heterocycles. The molecule has 4 rings (SSSR count). The van der Waals surface area contributed by atoms with Gasteiger partial charge in [-0.05, 0) is 68.3 Å². The van der Waals surface area contributed by atoms with E-state index < -0.39 is 0 Å². The summed E-state index contributed by atoms with van der Waals surface area (Å²) in [6, 6.07) is 14.8. The number of hydrogen-bond donors (Lipinski definition) is 1. The smallest absolute Gasteiger partial charge is 0.293 e. The van der Waals surface area contributed by atoms with E-state index >= 15 is 0 Å². The second-order valence-electron chi connectivity index (χ2n) is 7.36. The second-order valence-corrected chi connectivity index (χ2v) is 7.36. The highest BCUT2D eigenvalue weighted by Gasteiger charge is 2.15. The van der Waals surface area contributed by atoms with Crippen LogP contribution in [0.2, 0.25) is 0 Å². The molecule has 2 aromatic carbocycles. The minimum atomic E-state index is -0.381. The third-order valence-corrected chi connectivity index (χ3v) is 5.29. The number of rotatable bonds is 5. The molecule has 4 aromatic rings. The van der Waals surface area contributed by atoms with E-state index in [-0.39, 0.29) is 18.0 Å². The van der Waals surface area contributed by atoms with Gasteiger partial charge in [-0.15, -0.1) is 0 Å². The lowest BCUT2D eigenvalue weighted by molar-refractivity contribution is -0.117. The summed E-state index contributed by atoms with van der Waals surface area (Å²) in [6.07, 6.45) is 0. The van der Waals surface area contributed by atoms with Gasteiger partial charge in [-0.25, -0.2) is 9.20 Å². The van der Waals surface area contributed by atoms with E-state index in [0.717, 1.165) is 28.1 Å². The molecule has 0 aliphatic heterocycles. The molecule has 1 N–H and O–H groups in total. The van der Waals surface area contributed by atoms with Gasteiger partial charge in [0.05, 0.1) is 12.8 Å². The molecule has 1 amide bonds. The molecule has 0 aliphatic rings. The molecule has 0 saturated heterocycles. The van der Waals surface area contributed by atoms with Crippen molar-refractivity contribution in [1.82, 2.24) is 19.4 Å². The van der Waals surface area contributed by atoms with Crippen LogP contribution in [0.1, 0.15) is 17.0 Å². The van der Waals surface area contributed by atoms with E-state index in [2.05, 4.69) is 15.5 Å². The summed E-state index contributed by atoms with van der Waals surface area (Å²) in [5.74, 6) is 0.929. The van der Waals surface area contributed by atoms with Crippen molar-refractivity contribution in [2.45, 2.75) is 27.3 Å². The van der Waals surface area contributed by atoms with Crippen molar-refractivity contribution >= 4 is 17.1 Å². The number of nitrogens with one attached hydrogen (secondary N) is 1. The summed E-state index contributed by atoms with van der Waals surface area (Å²) < 4.78 is 7.86. The molecule has 0 radical (unpaired) electrons. The summed E-state index contributed by atoms with van der Waals surface area (Å²) in [5, 5.41) is 11.7. The van der Waals surface area contributed by atoms with Gasteiger partial charge < -0.3 is 10.1 Å². The Hall–Kier alpha value is -3.94. The van der Waals surface area contributed by atoms with Gasteiger partial charge in [-0.1, -0.05) is 12.1 Å². The van der Waals surface area contributed by atoms with Gasteiger partial charge in [-0.2, -0.15) is 10.2 Å². The predicted molar refractivity (Wildman–Crippen MR) is 119 cm³/mol. The number of aromatic nitrogens is 4. The summed E-state index contributed by atoms with van der Waals surface area (Å²) >= 11 is 0. The summed E-state index contributed by atoms with van der Waals surface area (Å²) in [6.45, 7) is 5.48. The minimum absolute atomic E-state index is 0.188. The van der Waals surface area contributed by atoms with Crippen LogP contribution in [-0.2, 0) is 11.3 Å². The number of fused-ring (bicyclic) bond motifs is 1. The van der Waals surface area contributed by atoms with Crippen LogP contribution in [0.15, 0.2) is 53.3 Å². The lowest BCUT2D eigenvalue weighted by Crippen LogP contribution is -2.32. The van der Waals surface area contributed by atoms with Crippen molar-refractivity contribution in [3.8, 4) is 17.0 Å². The SMILES string of the molecule is COc1ccc(-c2cc3c(=O)n(CC(=O)Nc4cccc(C)c4C)nc(C)n3n2)cc1. The van der Waals surface area contributed by atoms with Crippen LogP contribution >= 0.6 is 0 Å². The lowest BCUT2D eigenvalue weighted by atomic mass is 10.1. The van der Waals surface area contributed by atoms with Crippen LogP contribution in [0.25, 0.3) is 16.8 Å². The fourth-order valence-corrected chi connectivity index (χ4v) is 3.40. The third kappa shape index (κ3) is 3.92. The van der Waals surface area contributed by atoms with Crippen LogP contribution in [0, 0.1) is 20.8 Å². The quantitative estimate of drug-likeness (QED) is 0.539. The molecule has 8 nitrogen and oxygen atoms in total. The summed E-state index contributed by atoms with van der Waals surface area (Å²) in [4.78, 5) is 25.6. The van der Waals surface area contributed by atoms with E-state index in [1.165, 1.54) is 9.20 Å². The first kappa shape index (κ1) is 20.3. The van der Waals surface area contributed by atoms with Gasteiger partial charge in [0.25, 0.3) is 5.56 Å². The van der Waals surface area contributed by atoms with E-state index in [9.17, 15) is 9.59 Å². The number of aryl methyl sites for hydroxylation is 2. The maximum absolute atomic E-state index is 13.0. The van der Waals surface area contributed by atoms with Crippen molar-refractivity contribution in [3.63, 3.8) is 0 Å². The number of hydrogen-bond acceptors (Lipinski definition) is 5. The van der Waals surface area contributed by atoms with Gasteiger partial charge in [0, 0.05) is 11.3 Å². The van der Waals surface area contributed by atoms with E-state index in [1.807, 2.05) is 56.3 Å². The highest BCUT2D eigenvalue weighted by molar-refractivity contribution is 5.91. The number of anilines is 1. The molecule has 0 unspecified atom stereocenters. The molecule has 8 heteroatoms. The average molecular weight is 417 g/mol. The van der Waals surface area contributed by atoms with Gasteiger partial charge in [0.15, 0.2) is 0 Å². The average Bonchev–Trinajstić information content (AvgIpc) is 3.21. The highest BCUT2D eigenvalue weighted by atomic mass is 16.5. The van der Waals surface area contributed by atoms with E-state index in [0.29, 0.717) is 17.0 Å². The van der Waals surface area contributed by atoms with Crippen molar-refractivity contribution in [2.24, 2.45) is 0 Å². The number of benzene rings is 2. The molecule has 0 saturated carbocycles. The Morgan fingerprint density at radius 3 is 2.52 bits per heavy atom. The zero-order valence-corrected chi connectivity index (χ0v) is 17.8. The zero-order valence-electron chi connectivity index (χ0n) is 17.8. The largest absolute Gasteiger partial charge is 0.497 e. The number of carbonyl (C=O) groups is 1. The van der Waals surface area contributed by atoms with Crippen molar-refractivity contribution in [1.29, 1.82) is 0 Å². The first-order valence-electron chi connectivity index (χ1n) is 9.85. The van der Waals surface area contributed by atoms with Crippen molar-refractivity contribution < 1.29 is 9.53 Å². The van der Waals surface area contributed by atoms with Crippen LogP contribution in [0.4, 0.5) is 5.69 Å². The Morgan fingerprint density at radius 2 is 1.81 bits per heavy atom. The van der Waals surface area contributed by atoms with Gasteiger partial charge in [-0.3, -0.25) is 9.59 Å². The fraction of sp³-hybridized carbons (Fsp3) is 0.217. The molecule has 0 spiro atoms. The molecule has 31 heavy (non-hydrogen) atoms. The number of methoxy groups -OCH3 is 1. The topological polar surface area (TPSA) is 90.5 Å². The Balaban J connectivity index is 1.64. The van der Waals surface area contributed by atoms with E-state index in [4.69, 9.17) is 4.74 Å². The molecule has 0 atom stereocenters. The standard InChI is InChI=1S/C23H23N5O3/c1-14-6-5-7-19(15(14)2)24-22(29)13-27-23(30)21-12-20(26-28(21)16(3)25-27)17-8-10-18(31-4)11-9-17/h5-12H,13H2,1-4H3,(H,24,29). The minimum Gasteiger partial charge on any atom is -0.497 e. The maximum Gasteiger partial charge on any atom is 0.293 e. The summed E-state index contributed by atoms with van der Waals surface area (Å²) in [7, 11) is 1.60. The fourth-order valence-electron chi connectivity index (χ4n) is 3.40. The summed E-state index contributed by atoms with van der Waals surface area (Å²) in [5.41, 5.74) is 4.26. The van der Waals surface area contributed by atoms with Crippen LogP contribution in [0.3, 0.4) is 0 Å². The van der Waals surface area contributed by atoms with Crippen molar-refractivity contribution in [2.75, 3.05) is 12.4 Å². The molecular formula is C23H23N5O3. The molecule has 0 fully saturated rings. The monoisotopic (exact) mass is 417 g/mol. The third-order valence-electron chi connectivity index (χ3n) is 5.29. The van der Waals surface area contributed by atoms with Crippen LogP contribution in [0.5, 0.6) is 5.75 Å². The van der Waals surface area contributed by atoms with Gasteiger partial charge in [0.1, 0.15) is 23.6 Å². The Labute approximate surface area is 179 Å². The van der Waals surface area contributed by atoms with E-state index in [1.54, 1.807) is 20.1 Å². The first-order chi connectivity index (χ1) is 14.9. The first-order valence-corrected chi connectivity index (χ1v) is 9.85. The Kier molecular flexibility index (Phi) is 5.29. The van der Waals surface area contributed by atoms with Gasteiger partial charge >= 0.3 is 0 Å². The molecule has 158 valence electrons. The second kappa shape index (κ2) is 8.06. The number of amides is 1. The number of nitrogens with zero attached hydrogens (tertiary/aromatic N) is 4. The van der Waals surface area contributed by atoms with Crippen LogP contribution in [-0.4, -0.2) is 32.4 Å². The van der Waals surface area contributed by atoms with Crippen LogP contribution < -0.4 is 15.6 Å². The highest BCUT2D eigenvalue weighted by Crippen LogP contribution is 2.22.